The molecule has 1 amide bonds. The van der Waals surface area contributed by atoms with Crippen molar-refractivity contribution in [2.75, 3.05) is 33.7 Å². The SMILES string of the molecule is CN(C)S(=O)(=O)N1CCN(C(=O)O)CC1C(=O)O. The third-order valence-corrected chi connectivity index (χ3v) is 4.60. The van der Waals surface area contributed by atoms with Crippen LogP contribution in [0, 0.1) is 0 Å². The maximum atomic E-state index is 11.9. The molecule has 104 valence electrons. The van der Waals surface area contributed by atoms with Crippen LogP contribution in [0.5, 0.6) is 0 Å². The van der Waals surface area contributed by atoms with Crippen LogP contribution in [0.4, 0.5) is 4.79 Å². The Bertz CT molecular complexity index is 448. The molecular weight excluding hydrogens is 266 g/mol. The summed E-state index contributed by atoms with van der Waals surface area (Å²) in [6.45, 7) is -0.603. The fourth-order valence-electron chi connectivity index (χ4n) is 1.63. The number of carboxylic acids is 1. The maximum Gasteiger partial charge on any atom is 0.407 e. The van der Waals surface area contributed by atoms with Crippen molar-refractivity contribution in [1.29, 1.82) is 0 Å². The Labute approximate surface area is 104 Å². The number of carbonyl (C=O) groups is 2. The zero-order valence-corrected chi connectivity index (χ0v) is 10.8. The molecule has 1 atom stereocenters. The second kappa shape index (κ2) is 5.08. The number of rotatable bonds is 3. The summed E-state index contributed by atoms with van der Waals surface area (Å²) in [5.74, 6) is -1.37. The summed E-state index contributed by atoms with van der Waals surface area (Å²) in [5.41, 5.74) is 0. The summed E-state index contributed by atoms with van der Waals surface area (Å²) >= 11 is 0. The van der Waals surface area contributed by atoms with Gasteiger partial charge < -0.3 is 15.1 Å². The van der Waals surface area contributed by atoms with Gasteiger partial charge in [0.1, 0.15) is 6.04 Å². The van der Waals surface area contributed by atoms with Gasteiger partial charge in [-0.25, -0.2) is 4.79 Å². The molecule has 1 fully saturated rings. The van der Waals surface area contributed by atoms with Gasteiger partial charge in [0.2, 0.25) is 0 Å². The number of hydrogen-bond donors (Lipinski definition) is 2. The van der Waals surface area contributed by atoms with Crippen LogP contribution in [0.1, 0.15) is 0 Å². The lowest BCUT2D eigenvalue weighted by Crippen LogP contribution is -2.60. The minimum atomic E-state index is -3.88. The first kappa shape index (κ1) is 14.7. The Kier molecular flexibility index (Phi) is 4.14. The predicted molar refractivity (Wildman–Crippen MR) is 60.3 cm³/mol. The minimum Gasteiger partial charge on any atom is -0.480 e. The molecular formula is C8H15N3O6S. The van der Waals surface area contributed by atoms with Crippen molar-refractivity contribution in [3.05, 3.63) is 0 Å². The molecule has 9 nitrogen and oxygen atoms in total. The molecule has 1 heterocycles. The summed E-state index contributed by atoms with van der Waals surface area (Å²) in [7, 11) is -1.30. The molecule has 1 rings (SSSR count). The molecule has 1 aliphatic rings. The van der Waals surface area contributed by atoms with Crippen LogP contribution in [-0.2, 0) is 15.0 Å². The molecule has 0 bridgehead atoms. The number of nitrogens with zero attached hydrogens (tertiary/aromatic N) is 3. The zero-order chi connectivity index (χ0) is 14.1. The minimum absolute atomic E-state index is 0.0494. The monoisotopic (exact) mass is 281 g/mol. The lowest BCUT2D eigenvalue weighted by Gasteiger charge is -2.38. The third kappa shape index (κ3) is 2.71. The van der Waals surface area contributed by atoms with Gasteiger partial charge in [0, 0.05) is 27.2 Å². The Morgan fingerprint density at radius 3 is 2.17 bits per heavy atom. The van der Waals surface area contributed by atoms with Gasteiger partial charge in [0.05, 0.1) is 6.54 Å². The van der Waals surface area contributed by atoms with Crippen LogP contribution in [0.3, 0.4) is 0 Å². The maximum absolute atomic E-state index is 11.9. The van der Waals surface area contributed by atoms with E-state index < -0.39 is 28.3 Å². The molecule has 0 radical (unpaired) electrons. The molecule has 0 spiro atoms. The van der Waals surface area contributed by atoms with E-state index >= 15 is 0 Å². The van der Waals surface area contributed by atoms with E-state index in [-0.39, 0.29) is 19.6 Å². The summed E-state index contributed by atoms with van der Waals surface area (Å²) in [4.78, 5) is 22.7. The van der Waals surface area contributed by atoms with Gasteiger partial charge in [-0.05, 0) is 0 Å². The van der Waals surface area contributed by atoms with Gasteiger partial charge in [-0.2, -0.15) is 17.0 Å². The lowest BCUT2D eigenvalue weighted by molar-refractivity contribution is -0.143. The number of aliphatic carboxylic acids is 1. The molecule has 10 heteroatoms. The lowest BCUT2D eigenvalue weighted by atomic mass is 10.2. The second-order valence-corrected chi connectivity index (χ2v) is 6.08. The zero-order valence-electron chi connectivity index (χ0n) is 9.98. The molecule has 2 N–H and O–H groups in total. The van der Waals surface area contributed by atoms with Crippen molar-refractivity contribution in [3.8, 4) is 0 Å². The Balaban J connectivity index is 3.01. The Morgan fingerprint density at radius 2 is 1.78 bits per heavy atom. The van der Waals surface area contributed by atoms with Crippen LogP contribution >= 0.6 is 0 Å². The van der Waals surface area contributed by atoms with E-state index in [4.69, 9.17) is 10.2 Å². The standard InChI is InChI=1S/C8H15N3O6S/c1-9(2)18(16,17)11-4-3-10(8(14)15)5-6(11)7(12)13/h6H,3-5H2,1-2H3,(H,12,13)(H,14,15). The van der Waals surface area contributed by atoms with Crippen LogP contribution in [0.2, 0.25) is 0 Å². The van der Waals surface area contributed by atoms with Gasteiger partial charge in [0.15, 0.2) is 0 Å². The van der Waals surface area contributed by atoms with Gasteiger partial charge >= 0.3 is 12.1 Å². The topological polar surface area (TPSA) is 118 Å². The summed E-state index contributed by atoms with van der Waals surface area (Å²) in [6.07, 6.45) is -1.26. The van der Waals surface area contributed by atoms with Gasteiger partial charge in [-0.15, -0.1) is 0 Å². The van der Waals surface area contributed by atoms with E-state index in [2.05, 4.69) is 0 Å². The normalized spacial score (nSPS) is 22.2. The van der Waals surface area contributed by atoms with E-state index in [9.17, 15) is 18.0 Å². The molecule has 18 heavy (non-hydrogen) atoms. The van der Waals surface area contributed by atoms with E-state index in [1.54, 1.807) is 0 Å². The number of piperazine rings is 1. The molecule has 1 unspecified atom stereocenters. The first-order valence-electron chi connectivity index (χ1n) is 5.08. The predicted octanol–water partition coefficient (Wildman–Crippen LogP) is -1.46. The van der Waals surface area contributed by atoms with Crippen molar-refractivity contribution in [3.63, 3.8) is 0 Å². The molecule has 0 aromatic rings. The molecule has 1 saturated heterocycles. The van der Waals surface area contributed by atoms with Gasteiger partial charge in [0.25, 0.3) is 10.2 Å². The molecule has 0 saturated carbocycles. The van der Waals surface area contributed by atoms with E-state index in [0.29, 0.717) is 0 Å². The smallest absolute Gasteiger partial charge is 0.407 e. The second-order valence-electron chi connectivity index (χ2n) is 3.98. The van der Waals surface area contributed by atoms with E-state index in [1.165, 1.54) is 14.1 Å². The third-order valence-electron chi connectivity index (χ3n) is 2.64. The molecule has 0 aromatic carbocycles. The molecule has 0 aromatic heterocycles. The van der Waals surface area contributed by atoms with E-state index in [1.807, 2.05) is 0 Å². The summed E-state index contributed by atoms with van der Waals surface area (Å²) in [6, 6.07) is -1.40. The van der Waals surface area contributed by atoms with Crippen LogP contribution in [-0.4, -0.2) is 84.0 Å². The van der Waals surface area contributed by atoms with E-state index in [0.717, 1.165) is 13.5 Å². The highest BCUT2D eigenvalue weighted by molar-refractivity contribution is 7.86. The number of amides is 1. The molecule has 1 aliphatic heterocycles. The molecule has 0 aliphatic carbocycles. The van der Waals surface area contributed by atoms with Crippen molar-refractivity contribution in [2.45, 2.75) is 6.04 Å². The fourth-order valence-corrected chi connectivity index (χ4v) is 2.84. The van der Waals surface area contributed by atoms with Crippen LogP contribution < -0.4 is 0 Å². The van der Waals surface area contributed by atoms with Crippen molar-refractivity contribution in [2.24, 2.45) is 0 Å². The number of carboxylic acid groups (broad SMARTS) is 2. The largest absolute Gasteiger partial charge is 0.480 e. The van der Waals surface area contributed by atoms with Gasteiger partial charge in [-0.1, -0.05) is 0 Å². The quantitative estimate of drug-likeness (QED) is 0.652. The average molecular weight is 281 g/mol. The Hall–Kier alpha value is -1.39. The highest BCUT2D eigenvalue weighted by Crippen LogP contribution is 2.16. The Morgan fingerprint density at radius 1 is 1.22 bits per heavy atom. The van der Waals surface area contributed by atoms with Gasteiger partial charge in [-0.3, -0.25) is 4.79 Å². The average Bonchev–Trinajstić information content (AvgIpc) is 2.27. The highest BCUT2D eigenvalue weighted by atomic mass is 32.2. The van der Waals surface area contributed by atoms with Crippen molar-refractivity contribution in [1.82, 2.24) is 13.5 Å². The first-order valence-corrected chi connectivity index (χ1v) is 6.47. The van der Waals surface area contributed by atoms with Crippen LogP contribution in [0.25, 0.3) is 0 Å². The van der Waals surface area contributed by atoms with Crippen LogP contribution in [0.15, 0.2) is 0 Å². The number of hydrogen-bond acceptors (Lipinski definition) is 4. The summed E-state index contributed by atoms with van der Waals surface area (Å²) < 4.78 is 25.5. The summed E-state index contributed by atoms with van der Waals surface area (Å²) in [5, 5.41) is 17.8. The highest BCUT2D eigenvalue weighted by Gasteiger charge is 2.41. The first-order chi connectivity index (χ1) is 8.17. The fraction of sp³-hybridized carbons (Fsp3) is 0.750. The van der Waals surface area contributed by atoms with Crippen molar-refractivity contribution >= 4 is 22.3 Å². The van der Waals surface area contributed by atoms with Crippen molar-refractivity contribution < 1.29 is 28.2 Å².